The molecule has 2 rings (SSSR count). The standard InChI is InChI=1S/C12H18N4O2/c1-15(2)12(17)16-7-5-9(8-16)18-11-10(13)4-3-6-14-11/h3-4,6,9H,5,7-8,13H2,1-2H3/t9-/m1/s1. The minimum Gasteiger partial charge on any atom is -0.471 e. The van der Waals surface area contributed by atoms with Gasteiger partial charge in [0, 0.05) is 33.3 Å². The summed E-state index contributed by atoms with van der Waals surface area (Å²) >= 11 is 0. The van der Waals surface area contributed by atoms with E-state index in [2.05, 4.69) is 4.98 Å². The lowest BCUT2D eigenvalue weighted by molar-refractivity contribution is 0.166. The maximum atomic E-state index is 11.8. The number of nitrogens with two attached hydrogens (primary N) is 1. The van der Waals surface area contributed by atoms with Crippen molar-refractivity contribution in [3.05, 3.63) is 18.3 Å². The Balaban J connectivity index is 1.94. The van der Waals surface area contributed by atoms with Crippen LogP contribution < -0.4 is 10.5 Å². The van der Waals surface area contributed by atoms with Crippen molar-refractivity contribution >= 4 is 11.7 Å². The van der Waals surface area contributed by atoms with E-state index in [0.717, 1.165) is 6.42 Å². The molecule has 0 saturated carbocycles. The van der Waals surface area contributed by atoms with Gasteiger partial charge in [-0.1, -0.05) is 0 Å². The summed E-state index contributed by atoms with van der Waals surface area (Å²) in [6.07, 6.45) is 2.41. The normalized spacial score (nSPS) is 18.8. The molecule has 0 radical (unpaired) electrons. The van der Waals surface area contributed by atoms with Crippen LogP contribution in [-0.4, -0.2) is 54.1 Å². The molecule has 2 heterocycles. The highest BCUT2D eigenvalue weighted by Crippen LogP contribution is 2.21. The predicted octanol–water partition coefficient (Wildman–Crippen LogP) is 0.799. The van der Waals surface area contributed by atoms with Crippen molar-refractivity contribution in [3.63, 3.8) is 0 Å². The van der Waals surface area contributed by atoms with E-state index in [1.165, 1.54) is 0 Å². The van der Waals surface area contributed by atoms with Crippen molar-refractivity contribution in [3.8, 4) is 5.88 Å². The molecule has 6 heteroatoms. The number of hydrogen-bond acceptors (Lipinski definition) is 4. The molecule has 0 aliphatic carbocycles. The van der Waals surface area contributed by atoms with Crippen molar-refractivity contribution in [2.45, 2.75) is 12.5 Å². The predicted molar refractivity (Wildman–Crippen MR) is 68.3 cm³/mol. The number of urea groups is 1. The number of hydrogen-bond donors (Lipinski definition) is 1. The topological polar surface area (TPSA) is 71.7 Å². The zero-order valence-corrected chi connectivity index (χ0v) is 10.7. The first-order valence-electron chi connectivity index (χ1n) is 5.91. The second-order valence-corrected chi connectivity index (χ2v) is 4.55. The van der Waals surface area contributed by atoms with Crippen LogP contribution in [0, 0.1) is 0 Å². The Kier molecular flexibility index (Phi) is 3.55. The summed E-state index contributed by atoms with van der Waals surface area (Å²) in [5.74, 6) is 0.446. The molecule has 18 heavy (non-hydrogen) atoms. The largest absolute Gasteiger partial charge is 0.471 e. The maximum Gasteiger partial charge on any atom is 0.319 e. The fourth-order valence-electron chi connectivity index (χ4n) is 1.94. The molecule has 6 nitrogen and oxygen atoms in total. The summed E-state index contributed by atoms with van der Waals surface area (Å²) in [6, 6.07) is 3.52. The van der Waals surface area contributed by atoms with Crippen LogP contribution in [0.3, 0.4) is 0 Å². The van der Waals surface area contributed by atoms with Gasteiger partial charge in [0.15, 0.2) is 0 Å². The van der Waals surface area contributed by atoms with Crippen molar-refractivity contribution in [1.82, 2.24) is 14.8 Å². The molecule has 2 N–H and O–H groups in total. The minimum absolute atomic E-state index is 0.00935. The molecule has 1 aliphatic heterocycles. The lowest BCUT2D eigenvalue weighted by atomic mass is 10.3. The molecule has 0 bridgehead atoms. The summed E-state index contributed by atoms with van der Waals surface area (Å²) in [5.41, 5.74) is 6.29. The van der Waals surface area contributed by atoms with Crippen molar-refractivity contribution in [2.24, 2.45) is 0 Å². The number of nitrogen functional groups attached to an aromatic ring is 1. The first-order valence-corrected chi connectivity index (χ1v) is 5.91. The SMILES string of the molecule is CN(C)C(=O)N1CC[C@@H](Oc2ncccc2N)C1. The van der Waals surface area contributed by atoms with Crippen LogP contribution in [0.5, 0.6) is 5.88 Å². The van der Waals surface area contributed by atoms with Gasteiger partial charge in [0.2, 0.25) is 5.88 Å². The lowest BCUT2D eigenvalue weighted by Crippen LogP contribution is -2.38. The highest BCUT2D eigenvalue weighted by atomic mass is 16.5. The van der Waals surface area contributed by atoms with Crippen LogP contribution in [-0.2, 0) is 0 Å². The molecular formula is C12H18N4O2. The van der Waals surface area contributed by atoms with Crippen LogP contribution in [0.2, 0.25) is 0 Å². The Hall–Kier alpha value is -1.98. The van der Waals surface area contributed by atoms with E-state index >= 15 is 0 Å². The van der Waals surface area contributed by atoms with Crippen LogP contribution in [0.4, 0.5) is 10.5 Å². The molecule has 1 aromatic rings. The molecule has 98 valence electrons. The van der Waals surface area contributed by atoms with Gasteiger partial charge in [0.25, 0.3) is 0 Å². The summed E-state index contributed by atoms with van der Waals surface area (Å²) in [7, 11) is 3.49. The first kappa shape index (κ1) is 12.5. The fourth-order valence-corrected chi connectivity index (χ4v) is 1.94. The second-order valence-electron chi connectivity index (χ2n) is 4.55. The van der Waals surface area contributed by atoms with E-state index in [1.54, 1.807) is 42.2 Å². The maximum absolute atomic E-state index is 11.8. The summed E-state index contributed by atoms with van der Waals surface area (Å²) in [6.45, 7) is 1.28. The summed E-state index contributed by atoms with van der Waals surface area (Å²) < 4.78 is 5.72. The van der Waals surface area contributed by atoms with Gasteiger partial charge in [-0.15, -0.1) is 0 Å². The first-order chi connectivity index (χ1) is 8.58. The van der Waals surface area contributed by atoms with Gasteiger partial charge < -0.3 is 20.3 Å². The third-order valence-corrected chi connectivity index (χ3v) is 2.88. The summed E-state index contributed by atoms with van der Waals surface area (Å²) in [4.78, 5) is 19.2. The van der Waals surface area contributed by atoms with E-state index in [-0.39, 0.29) is 12.1 Å². The highest BCUT2D eigenvalue weighted by Gasteiger charge is 2.28. The Morgan fingerprint density at radius 1 is 1.61 bits per heavy atom. The quantitative estimate of drug-likeness (QED) is 0.842. The van der Waals surface area contributed by atoms with Crippen LogP contribution in [0.1, 0.15) is 6.42 Å². The van der Waals surface area contributed by atoms with Gasteiger partial charge >= 0.3 is 6.03 Å². The van der Waals surface area contributed by atoms with E-state index in [4.69, 9.17) is 10.5 Å². The molecule has 0 unspecified atom stereocenters. The van der Waals surface area contributed by atoms with Crippen LogP contribution in [0.15, 0.2) is 18.3 Å². The Morgan fingerprint density at radius 3 is 3.06 bits per heavy atom. The van der Waals surface area contributed by atoms with Gasteiger partial charge in [-0.3, -0.25) is 0 Å². The molecular weight excluding hydrogens is 232 g/mol. The van der Waals surface area contributed by atoms with Crippen molar-refractivity contribution in [1.29, 1.82) is 0 Å². The molecule has 0 aromatic carbocycles. The van der Waals surface area contributed by atoms with Crippen LogP contribution >= 0.6 is 0 Å². The molecule has 1 atom stereocenters. The molecule has 0 spiro atoms. The average Bonchev–Trinajstić information content (AvgIpc) is 2.79. The number of likely N-dealkylation sites (tertiary alicyclic amines) is 1. The van der Waals surface area contributed by atoms with Gasteiger partial charge in [0.1, 0.15) is 6.10 Å². The second kappa shape index (κ2) is 5.12. The number of pyridine rings is 1. The molecule has 1 aliphatic rings. The Bertz CT molecular complexity index is 436. The Morgan fingerprint density at radius 2 is 2.39 bits per heavy atom. The van der Waals surface area contributed by atoms with Gasteiger partial charge in [-0.05, 0) is 12.1 Å². The smallest absolute Gasteiger partial charge is 0.319 e. The van der Waals surface area contributed by atoms with E-state index < -0.39 is 0 Å². The number of amides is 2. The summed E-state index contributed by atoms with van der Waals surface area (Å²) in [5, 5.41) is 0. The number of carbonyl (C=O) groups is 1. The third-order valence-electron chi connectivity index (χ3n) is 2.88. The number of nitrogens with zero attached hydrogens (tertiary/aromatic N) is 3. The zero-order valence-electron chi connectivity index (χ0n) is 10.7. The molecule has 1 fully saturated rings. The number of rotatable bonds is 2. The molecule has 1 saturated heterocycles. The highest BCUT2D eigenvalue weighted by molar-refractivity contribution is 5.74. The van der Waals surface area contributed by atoms with Crippen LogP contribution in [0.25, 0.3) is 0 Å². The Labute approximate surface area is 106 Å². The number of anilines is 1. The molecule has 1 aromatic heterocycles. The van der Waals surface area contributed by atoms with E-state index in [9.17, 15) is 4.79 Å². The number of ether oxygens (including phenoxy) is 1. The number of aromatic nitrogens is 1. The zero-order chi connectivity index (χ0) is 13.1. The molecule has 2 amide bonds. The van der Waals surface area contributed by atoms with Gasteiger partial charge in [-0.25, -0.2) is 9.78 Å². The minimum atomic E-state index is -0.0360. The number of carbonyl (C=O) groups excluding carboxylic acids is 1. The van der Waals surface area contributed by atoms with Gasteiger partial charge in [0.05, 0.1) is 12.2 Å². The van der Waals surface area contributed by atoms with Crippen molar-refractivity contribution < 1.29 is 9.53 Å². The lowest BCUT2D eigenvalue weighted by Gasteiger charge is -2.21. The average molecular weight is 250 g/mol. The van der Waals surface area contributed by atoms with E-state index in [1.807, 2.05) is 0 Å². The monoisotopic (exact) mass is 250 g/mol. The third kappa shape index (κ3) is 2.64. The van der Waals surface area contributed by atoms with Gasteiger partial charge in [-0.2, -0.15) is 0 Å². The fraction of sp³-hybridized carbons (Fsp3) is 0.500. The van der Waals surface area contributed by atoms with Crippen molar-refractivity contribution in [2.75, 3.05) is 32.9 Å². The van der Waals surface area contributed by atoms with E-state index in [0.29, 0.717) is 24.7 Å².